The van der Waals surface area contributed by atoms with Crippen molar-refractivity contribution >= 4 is 45.3 Å². The summed E-state index contributed by atoms with van der Waals surface area (Å²) < 4.78 is 21.0. The fourth-order valence-electron chi connectivity index (χ4n) is 10.2. The quantitative estimate of drug-likeness (QED) is 0.104. The molecule has 2 saturated heterocycles. The van der Waals surface area contributed by atoms with Gasteiger partial charge in [-0.3, -0.25) is 9.80 Å². The third-order valence-corrected chi connectivity index (χ3v) is 14.1. The number of likely N-dealkylation sites (tertiary alicyclic amines) is 2. The number of ether oxygens (including phenoxy) is 3. The Bertz CT molecular complexity index is 2580. The van der Waals surface area contributed by atoms with Crippen LogP contribution in [0, 0.1) is 5.92 Å². The van der Waals surface area contributed by atoms with E-state index in [1.807, 2.05) is 24.3 Å². The lowest BCUT2D eigenvalue weighted by atomic mass is 9.89. The van der Waals surface area contributed by atoms with E-state index in [4.69, 9.17) is 25.8 Å². The number of rotatable bonds is 15. The van der Waals surface area contributed by atoms with Gasteiger partial charge in [0.2, 0.25) is 0 Å². The fourth-order valence-corrected chi connectivity index (χ4v) is 10.4. The summed E-state index contributed by atoms with van der Waals surface area (Å²) in [7, 11) is 4.80. The molecule has 1 saturated carbocycles. The SMILES string of the molecule is COCCn1cc(C2CCN(Cc3cccc(C(=O)O)c3OC)CC2)c2cc(Cl)ccc21.COc1c(CN2CCC(c3cn(C(C)C4CC4)c4ccccc34)CC2)cccc1C(=O)O. The highest BCUT2D eigenvalue weighted by molar-refractivity contribution is 6.31. The van der Waals surface area contributed by atoms with E-state index in [2.05, 4.69) is 74.6 Å². The van der Waals surface area contributed by atoms with Gasteiger partial charge in [0.05, 0.1) is 20.8 Å². The third kappa shape index (κ3) is 9.83. The Balaban J connectivity index is 0.000000175. The van der Waals surface area contributed by atoms with E-state index in [0.29, 0.717) is 42.5 Å². The number of carbonyl (C=O) groups is 2. The molecule has 6 aromatic rings. The van der Waals surface area contributed by atoms with E-state index >= 15 is 0 Å². The number of para-hydroxylation sites is 3. The molecule has 4 aromatic carbocycles. The van der Waals surface area contributed by atoms with Crippen LogP contribution in [0.5, 0.6) is 11.5 Å². The Kier molecular flexibility index (Phi) is 14.3. The van der Waals surface area contributed by atoms with Crippen LogP contribution in [-0.4, -0.2) is 95.2 Å². The summed E-state index contributed by atoms with van der Waals surface area (Å²) in [5.41, 5.74) is 7.72. The van der Waals surface area contributed by atoms with Gasteiger partial charge in [0.15, 0.2) is 0 Å². The van der Waals surface area contributed by atoms with Gasteiger partial charge < -0.3 is 33.6 Å². The van der Waals surface area contributed by atoms with Gasteiger partial charge in [0.1, 0.15) is 22.6 Å². The molecule has 0 amide bonds. The van der Waals surface area contributed by atoms with Crippen LogP contribution in [0.15, 0.2) is 91.3 Å². The van der Waals surface area contributed by atoms with E-state index in [9.17, 15) is 19.8 Å². The molecule has 0 radical (unpaired) electrons. The molecule has 12 heteroatoms. The lowest BCUT2D eigenvalue weighted by Gasteiger charge is -2.32. The van der Waals surface area contributed by atoms with Crippen LogP contribution < -0.4 is 9.47 Å². The number of benzene rings is 4. The highest BCUT2D eigenvalue weighted by Gasteiger charge is 2.32. The topological polar surface area (TPSA) is 119 Å². The number of nitrogens with zero attached hydrogens (tertiary/aromatic N) is 4. The molecule has 3 aliphatic rings. The van der Waals surface area contributed by atoms with Gasteiger partial charge in [0.25, 0.3) is 0 Å². The molecule has 1 atom stereocenters. The zero-order valence-electron chi connectivity index (χ0n) is 37.5. The largest absolute Gasteiger partial charge is 0.496 e. The van der Waals surface area contributed by atoms with E-state index in [1.165, 1.54) is 52.9 Å². The zero-order chi connectivity index (χ0) is 44.9. The van der Waals surface area contributed by atoms with Gasteiger partial charge in [0, 0.05) is 83.1 Å². The highest BCUT2D eigenvalue weighted by atomic mass is 35.5. The molecule has 9 rings (SSSR count). The number of hydrogen-bond donors (Lipinski definition) is 2. The Morgan fingerprint density at radius 2 is 1.22 bits per heavy atom. The summed E-state index contributed by atoms with van der Waals surface area (Å²) in [6, 6.07) is 26.3. The summed E-state index contributed by atoms with van der Waals surface area (Å²) >= 11 is 6.32. The van der Waals surface area contributed by atoms with Crippen molar-refractivity contribution in [1.82, 2.24) is 18.9 Å². The molecular formula is C52H61ClN4O7. The molecule has 2 aromatic heterocycles. The van der Waals surface area contributed by atoms with Crippen LogP contribution in [0.3, 0.4) is 0 Å². The predicted octanol–water partition coefficient (Wildman–Crippen LogP) is 10.7. The molecule has 338 valence electrons. The summed E-state index contributed by atoms with van der Waals surface area (Å²) in [4.78, 5) is 27.8. The van der Waals surface area contributed by atoms with Gasteiger partial charge in [-0.15, -0.1) is 0 Å². The fraction of sp³-hybridized carbons (Fsp3) is 0.423. The van der Waals surface area contributed by atoms with Crippen molar-refractivity contribution in [3.05, 3.63) is 130 Å². The number of carboxylic acids is 2. The first-order valence-electron chi connectivity index (χ1n) is 22.7. The van der Waals surface area contributed by atoms with Crippen molar-refractivity contribution in [2.45, 2.75) is 83.0 Å². The van der Waals surface area contributed by atoms with Crippen molar-refractivity contribution in [3.8, 4) is 11.5 Å². The summed E-state index contributed by atoms with van der Waals surface area (Å²) in [5.74, 6) is 0.888. The molecule has 1 unspecified atom stereocenters. The van der Waals surface area contributed by atoms with E-state index in [0.717, 1.165) is 87.0 Å². The summed E-state index contributed by atoms with van der Waals surface area (Å²) in [5, 5.41) is 22.3. The second-order valence-corrected chi connectivity index (χ2v) is 18.2. The van der Waals surface area contributed by atoms with Crippen molar-refractivity contribution < 1.29 is 34.0 Å². The lowest BCUT2D eigenvalue weighted by Crippen LogP contribution is -2.32. The maximum atomic E-state index is 11.5. The van der Waals surface area contributed by atoms with E-state index in [1.54, 1.807) is 32.4 Å². The monoisotopic (exact) mass is 888 g/mol. The molecule has 2 aliphatic heterocycles. The Morgan fingerprint density at radius 3 is 1.73 bits per heavy atom. The molecular weight excluding hydrogens is 828 g/mol. The zero-order valence-corrected chi connectivity index (χ0v) is 38.2. The van der Waals surface area contributed by atoms with E-state index in [-0.39, 0.29) is 11.1 Å². The second-order valence-electron chi connectivity index (χ2n) is 17.7. The van der Waals surface area contributed by atoms with Crippen LogP contribution in [-0.2, 0) is 24.4 Å². The standard InChI is InChI=1S/C27H32N2O3.C25H29ClN2O4/c1-18(19-10-11-19)29-17-24(22-7-3-4-9-25(22)29)20-12-14-28(15-13-20)16-21-6-5-8-23(27(30)31)26(21)32-2;1-31-13-12-28-16-22(21-14-19(26)6-7-23(21)28)17-8-10-27(11-9-17)15-18-4-3-5-20(25(29)30)24(18)32-2/h3-9,17-20H,10-16H2,1-2H3,(H,30,31);3-7,14,16-17H,8-13,15H2,1-2H3,(H,29,30). The molecule has 11 nitrogen and oxygen atoms in total. The molecule has 64 heavy (non-hydrogen) atoms. The lowest BCUT2D eigenvalue weighted by molar-refractivity contribution is 0.0681. The maximum absolute atomic E-state index is 11.5. The first-order chi connectivity index (χ1) is 31.1. The van der Waals surface area contributed by atoms with Crippen LogP contribution in [0.25, 0.3) is 21.8 Å². The average Bonchev–Trinajstić information content (AvgIpc) is 4.01. The van der Waals surface area contributed by atoms with Crippen molar-refractivity contribution in [1.29, 1.82) is 0 Å². The number of piperidine rings is 2. The normalized spacial score (nSPS) is 17.0. The highest BCUT2D eigenvalue weighted by Crippen LogP contribution is 2.44. The van der Waals surface area contributed by atoms with Gasteiger partial charge >= 0.3 is 11.9 Å². The predicted molar refractivity (Wildman–Crippen MR) is 253 cm³/mol. The molecule has 1 aliphatic carbocycles. The smallest absolute Gasteiger partial charge is 0.339 e. The maximum Gasteiger partial charge on any atom is 0.339 e. The number of halogens is 1. The Hall–Kier alpha value is -5.33. The number of aromatic nitrogens is 2. The minimum absolute atomic E-state index is 0.209. The van der Waals surface area contributed by atoms with Gasteiger partial charge in [-0.05, 0) is 137 Å². The average molecular weight is 890 g/mol. The molecule has 4 heterocycles. The third-order valence-electron chi connectivity index (χ3n) is 13.8. The van der Waals surface area contributed by atoms with E-state index < -0.39 is 11.9 Å². The number of hydrogen-bond acceptors (Lipinski definition) is 7. The second kappa shape index (κ2) is 20.2. The van der Waals surface area contributed by atoms with Crippen molar-refractivity contribution in [3.63, 3.8) is 0 Å². The van der Waals surface area contributed by atoms with Gasteiger partial charge in [-0.1, -0.05) is 54.1 Å². The van der Waals surface area contributed by atoms with Crippen LogP contribution >= 0.6 is 11.6 Å². The molecule has 0 bridgehead atoms. The Morgan fingerprint density at radius 1 is 0.672 bits per heavy atom. The number of methoxy groups -OCH3 is 3. The van der Waals surface area contributed by atoms with Crippen LogP contribution in [0.1, 0.15) is 106 Å². The van der Waals surface area contributed by atoms with Crippen LogP contribution in [0.2, 0.25) is 5.02 Å². The number of carboxylic acid groups (broad SMARTS) is 2. The Labute approximate surface area is 381 Å². The molecule has 2 N–H and O–H groups in total. The van der Waals surface area contributed by atoms with Gasteiger partial charge in [-0.2, -0.15) is 0 Å². The van der Waals surface area contributed by atoms with Crippen molar-refractivity contribution in [2.75, 3.05) is 54.1 Å². The molecule has 0 spiro atoms. The molecule has 3 fully saturated rings. The first-order valence-corrected chi connectivity index (χ1v) is 23.1. The number of aromatic carboxylic acids is 2. The number of fused-ring (bicyclic) bond motifs is 2. The first kappa shape index (κ1) is 45.2. The minimum Gasteiger partial charge on any atom is -0.496 e. The van der Waals surface area contributed by atoms with Crippen LogP contribution in [0.4, 0.5) is 0 Å². The summed E-state index contributed by atoms with van der Waals surface area (Å²) in [6.45, 7) is 9.14. The minimum atomic E-state index is -0.967. The van der Waals surface area contributed by atoms with Crippen molar-refractivity contribution in [2.24, 2.45) is 5.92 Å². The summed E-state index contributed by atoms with van der Waals surface area (Å²) in [6.07, 6.45) is 11.7. The van der Waals surface area contributed by atoms with Gasteiger partial charge in [-0.25, -0.2) is 9.59 Å².